The van der Waals surface area contributed by atoms with Crippen molar-refractivity contribution < 1.29 is 14.4 Å². The van der Waals surface area contributed by atoms with Crippen molar-refractivity contribution in [3.05, 3.63) is 48.0 Å². The highest BCUT2D eigenvalue weighted by molar-refractivity contribution is 6.21. The number of rotatable bonds is 4. The Morgan fingerprint density at radius 3 is 2.28 bits per heavy atom. The van der Waals surface area contributed by atoms with E-state index in [2.05, 4.69) is 12.0 Å². The summed E-state index contributed by atoms with van der Waals surface area (Å²) in [7, 11) is 0. The van der Waals surface area contributed by atoms with Gasteiger partial charge in [0.1, 0.15) is 0 Å². The van der Waals surface area contributed by atoms with Crippen molar-refractivity contribution in [2.75, 3.05) is 0 Å². The number of hydrogen-bond acceptors (Lipinski definition) is 3. The monoisotopic (exact) mass is 244 g/mol. The van der Waals surface area contributed by atoms with E-state index in [0.717, 1.165) is 5.01 Å². The van der Waals surface area contributed by atoms with E-state index in [1.54, 1.807) is 30.3 Å². The third-order valence-electron chi connectivity index (χ3n) is 2.61. The second-order valence-electron chi connectivity index (χ2n) is 3.85. The van der Waals surface area contributed by atoms with Crippen molar-refractivity contribution in [2.45, 2.75) is 12.8 Å². The highest BCUT2D eigenvalue weighted by Crippen LogP contribution is 2.20. The van der Waals surface area contributed by atoms with Crippen LogP contribution in [0.5, 0.6) is 0 Å². The number of nitrogens with one attached hydrogen (secondary N) is 1. The molecule has 0 bridgehead atoms. The molecule has 1 N–H and O–H groups in total. The SMILES string of the molecule is C=CCCC(=O)NN1C(=O)c2ccccc2C1=O. The van der Waals surface area contributed by atoms with E-state index in [0.29, 0.717) is 17.5 Å². The minimum Gasteiger partial charge on any atom is -0.273 e. The summed E-state index contributed by atoms with van der Waals surface area (Å²) in [6.45, 7) is 3.50. The van der Waals surface area contributed by atoms with Gasteiger partial charge in [-0.1, -0.05) is 18.2 Å². The number of hydrogen-bond donors (Lipinski definition) is 1. The molecule has 92 valence electrons. The van der Waals surface area contributed by atoms with E-state index in [1.807, 2.05) is 0 Å². The Morgan fingerprint density at radius 1 is 1.22 bits per heavy atom. The lowest BCUT2D eigenvalue weighted by atomic mass is 10.1. The highest BCUT2D eigenvalue weighted by Gasteiger charge is 2.36. The van der Waals surface area contributed by atoms with E-state index in [4.69, 9.17) is 0 Å². The van der Waals surface area contributed by atoms with Crippen LogP contribution < -0.4 is 5.43 Å². The van der Waals surface area contributed by atoms with E-state index in [9.17, 15) is 14.4 Å². The molecule has 0 fully saturated rings. The summed E-state index contributed by atoms with van der Waals surface area (Å²) in [5.41, 5.74) is 2.93. The lowest BCUT2D eigenvalue weighted by Crippen LogP contribution is -2.45. The summed E-state index contributed by atoms with van der Waals surface area (Å²) < 4.78 is 0. The average Bonchev–Trinajstić information content (AvgIpc) is 2.62. The molecule has 0 aliphatic carbocycles. The zero-order valence-electron chi connectivity index (χ0n) is 9.68. The van der Waals surface area contributed by atoms with Crippen molar-refractivity contribution in [1.29, 1.82) is 0 Å². The first kappa shape index (κ1) is 12.0. The molecule has 5 nitrogen and oxygen atoms in total. The van der Waals surface area contributed by atoms with Gasteiger partial charge in [0.2, 0.25) is 5.91 Å². The maximum atomic E-state index is 11.9. The lowest BCUT2D eigenvalue weighted by molar-refractivity contribution is -0.124. The van der Waals surface area contributed by atoms with Crippen molar-refractivity contribution >= 4 is 17.7 Å². The predicted molar refractivity (Wildman–Crippen MR) is 64.5 cm³/mol. The van der Waals surface area contributed by atoms with Crippen LogP contribution in [-0.2, 0) is 4.79 Å². The van der Waals surface area contributed by atoms with Crippen LogP contribution in [0.2, 0.25) is 0 Å². The Morgan fingerprint density at radius 2 is 1.78 bits per heavy atom. The molecule has 0 aromatic heterocycles. The third-order valence-corrected chi connectivity index (χ3v) is 2.61. The van der Waals surface area contributed by atoms with Crippen LogP contribution in [-0.4, -0.2) is 22.7 Å². The largest absolute Gasteiger partial charge is 0.280 e. The zero-order chi connectivity index (χ0) is 13.1. The first-order chi connectivity index (χ1) is 8.65. The lowest BCUT2D eigenvalue weighted by Gasteiger charge is -2.14. The van der Waals surface area contributed by atoms with Gasteiger partial charge in [-0.05, 0) is 18.6 Å². The van der Waals surface area contributed by atoms with Crippen LogP contribution in [0.15, 0.2) is 36.9 Å². The molecule has 0 radical (unpaired) electrons. The predicted octanol–water partition coefficient (Wildman–Crippen LogP) is 1.28. The molecule has 1 aliphatic rings. The fraction of sp³-hybridized carbons (Fsp3) is 0.154. The molecular weight excluding hydrogens is 232 g/mol. The molecule has 1 heterocycles. The van der Waals surface area contributed by atoms with Gasteiger partial charge in [0, 0.05) is 6.42 Å². The molecule has 18 heavy (non-hydrogen) atoms. The van der Waals surface area contributed by atoms with Gasteiger partial charge in [0.25, 0.3) is 11.8 Å². The van der Waals surface area contributed by atoms with Crippen LogP contribution in [0.4, 0.5) is 0 Å². The van der Waals surface area contributed by atoms with E-state index in [1.165, 1.54) is 0 Å². The maximum Gasteiger partial charge on any atom is 0.280 e. The smallest absolute Gasteiger partial charge is 0.273 e. The first-order valence-electron chi connectivity index (χ1n) is 5.53. The number of allylic oxidation sites excluding steroid dienone is 1. The summed E-state index contributed by atoms with van der Waals surface area (Å²) in [4.78, 5) is 35.3. The molecule has 1 aromatic carbocycles. The number of hydrazine groups is 1. The summed E-state index contributed by atoms with van der Waals surface area (Å²) in [6, 6.07) is 6.47. The molecule has 0 saturated carbocycles. The number of carbonyl (C=O) groups is 3. The van der Waals surface area contributed by atoms with Gasteiger partial charge in [0.15, 0.2) is 0 Å². The molecule has 0 unspecified atom stereocenters. The minimum atomic E-state index is -0.498. The molecular formula is C13H12N2O3. The standard InChI is InChI=1S/C13H12N2O3/c1-2-3-8-11(16)14-15-12(17)9-6-4-5-7-10(9)13(15)18/h2,4-7H,1,3,8H2,(H,14,16). The van der Waals surface area contributed by atoms with Crippen LogP contribution in [0.3, 0.4) is 0 Å². The Balaban J connectivity index is 2.14. The maximum absolute atomic E-state index is 11.9. The Labute approximate surface area is 104 Å². The van der Waals surface area contributed by atoms with Crippen molar-refractivity contribution in [2.24, 2.45) is 0 Å². The number of imide groups is 1. The minimum absolute atomic E-state index is 0.191. The van der Waals surface area contributed by atoms with Gasteiger partial charge in [-0.25, -0.2) is 0 Å². The van der Waals surface area contributed by atoms with E-state index < -0.39 is 11.8 Å². The van der Waals surface area contributed by atoms with Gasteiger partial charge < -0.3 is 0 Å². The van der Waals surface area contributed by atoms with E-state index in [-0.39, 0.29) is 12.3 Å². The van der Waals surface area contributed by atoms with Crippen LogP contribution in [0, 0.1) is 0 Å². The Bertz CT molecular complexity index is 502. The van der Waals surface area contributed by atoms with Crippen LogP contribution in [0.1, 0.15) is 33.6 Å². The fourth-order valence-corrected chi connectivity index (χ4v) is 1.70. The number of fused-ring (bicyclic) bond motifs is 1. The Kier molecular flexibility index (Phi) is 3.23. The molecule has 5 heteroatoms. The molecule has 3 amide bonds. The van der Waals surface area contributed by atoms with Crippen molar-refractivity contribution in [3.63, 3.8) is 0 Å². The molecule has 0 spiro atoms. The first-order valence-corrected chi connectivity index (χ1v) is 5.53. The van der Waals surface area contributed by atoms with Crippen LogP contribution in [0.25, 0.3) is 0 Å². The zero-order valence-corrected chi connectivity index (χ0v) is 9.68. The summed E-state index contributed by atoms with van der Waals surface area (Å²) in [5.74, 6) is -1.38. The van der Waals surface area contributed by atoms with Gasteiger partial charge in [-0.2, -0.15) is 5.01 Å². The van der Waals surface area contributed by atoms with Gasteiger partial charge in [0.05, 0.1) is 11.1 Å². The molecule has 1 aromatic rings. The summed E-state index contributed by atoms with van der Waals surface area (Å²) >= 11 is 0. The second-order valence-corrected chi connectivity index (χ2v) is 3.85. The molecule has 0 atom stereocenters. The van der Waals surface area contributed by atoms with Crippen molar-refractivity contribution in [1.82, 2.24) is 10.4 Å². The number of benzene rings is 1. The molecule has 2 rings (SSSR count). The summed E-state index contributed by atoms with van der Waals surface area (Å²) in [5, 5.41) is 0.760. The van der Waals surface area contributed by atoms with Gasteiger partial charge in [-0.15, -0.1) is 6.58 Å². The fourth-order valence-electron chi connectivity index (χ4n) is 1.70. The summed E-state index contributed by atoms with van der Waals surface area (Å²) in [6.07, 6.45) is 2.29. The average molecular weight is 244 g/mol. The van der Waals surface area contributed by atoms with Gasteiger partial charge in [-0.3, -0.25) is 19.8 Å². The quantitative estimate of drug-likeness (QED) is 0.641. The van der Waals surface area contributed by atoms with Gasteiger partial charge >= 0.3 is 0 Å². The molecule has 0 saturated heterocycles. The van der Waals surface area contributed by atoms with Crippen molar-refractivity contribution in [3.8, 4) is 0 Å². The molecule has 1 aliphatic heterocycles. The number of carbonyl (C=O) groups excluding carboxylic acids is 3. The number of nitrogens with zero attached hydrogens (tertiary/aromatic N) is 1. The second kappa shape index (κ2) is 4.83. The van der Waals surface area contributed by atoms with Crippen LogP contribution >= 0.6 is 0 Å². The Hall–Kier alpha value is -2.43. The number of amides is 3. The third kappa shape index (κ3) is 2.02. The normalized spacial score (nSPS) is 13.4. The highest BCUT2D eigenvalue weighted by atomic mass is 16.2. The topological polar surface area (TPSA) is 66.5 Å². The van der Waals surface area contributed by atoms with E-state index >= 15 is 0 Å².